The van der Waals surface area contributed by atoms with Crippen LogP contribution < -0.4 is 9.80 Å². The van der Waals surface area contributed by atoms with Crippen LogP contribution in [0.5, 0.6) is 0 Å². The Morgan fingerprint density at radius 1 is 1.08 bits per heavy atom. The van der Waals surface area contributed by atoms with Crippen LogP contribution in [0.25, 0.3) is 0 Å². The third-order valence-electron chi connectivity index (χ3n) is 11.3. The van der Waals surface area contributed by atoms with Crippen LogP contribution in [0.2, 0.25) is 18.6 Å². The number of ether oxygens (including phenoxy) is 1. The SMILES string of the molecule is C[C@@H]1[C@@H]([Si](C)(C)F)[C@H](CC(=O)N2Cc3ccccc3C[C@H]2CO)O[C@@]12C(=O)N(Cc1ccc(N3CCCCC3=O)cc1)c1ccc([N+](=O)[O-])cc12. The number of halogens is 1. The molecule has 4 aliphatic rings. The lowest BCUT2D eigenvalue weighted by Crippen LogP contribution is -2.48. The number of aliphatic hydroxyl groups excluding tert-OH is 1. The lowest BCUT2D eigenvalue weighted by molar-refractivity contribution is -0.385. The Morgan fingerprint density at radius 2 is 1.80 bits per heavy atom. The second-order valence-electron chi connectivity index (χ2n) is 14.8. The molecule has 13 heteroatoms. The van der Waals surface area contributed by atoms with Gasteiger partial charge in [-0.3, -0.25) is 24.5 Å². The highest BCUT2D eigenvalue weighted by molar-refractivity contribution is 6.72. The van der Waals surface area contributed by atoms with Crippen molar-refractivity contribution in [2.24, 2.45) is 5.92 Å². The fourth-order valence-corrected chi connectivity index (χ4v) is 11.4. The van der Waals surface area contributed by atoms with Crippen LogP contribution in [0, 0.1) is 16.0 Å². The van der Waals surface area contributed by atoms with Crippen molar-refractivity contribution >= 4 is 43.2 Å². The van der Waals surface area contributed by atoms with Gasteiger partial charge in [0.15, 0.2) is 5.60 Å². The zero-order valence-electron chi connectivity index (χ0n) is 29.1. The second-order valence-corrected chi connectivity index (χ2v) is 18.6. The van der Waals surface area contributed by atoms with E-state index in [4.69, 9.17) is 4.74 Å². The monoisotopic (exact) mass is 714 g/mol. The molecular weight excluding hydrogens is 672 g/mol. The number of hydrogen-bond donors (Lipinski definition) is 1. The van der Waals surface area contributed by atoms with E-state index in [0.717, 1.165) is 35.2 Å². The number of carbonyl (C=O) groups is 3. The maximum absolute atomic E-state index is 16.5. The Kier molecular flexibility index (Phi) is 9.09. The first-order valence-electron chi connectivity index (χ1n) is 17.7. The molecule has 5 atom stereocenters. The zero-order chi connectivity index (χ0) is 36.2. The average Bonchev–Trinajstić information content (AvgIpc) is 3.53. The van der Waals surface area contributed by atoms with E-state index in [2.05, 4.69) is 0 Å². The smallest absolute Gasteiger partial charge is 0.269 e. The van der Waals surface area contributed by atoms with Crippen molar-refractivity contribution in [2.45, 2.75) is 88.5 Å². The summed E-state index contributed by atoms with van der Waals surface area (Å²) in [6, 6.07) is 19.0. The summed E-state index contributed by atoms with van der Waals surface area (Å²) in [4.78, 5) is 57.8. The quantitative estimate of drug-likeness (QED) is 0.136. The number of benzene rings is 3. The van der Waals surface area contributed by atoms with Gasteiger partial charge < -0.3 is 28.7 Å². The van der Waals surface area contributed by atoms with Crippen molar-refractivity contribution < 1.29 is 33.3 Å². The summed E-state index contributed by atoms with van der Waals surface area (Å²) in [5.74, 6) is -1.44. The molecule has 0 radical (unpaired) electrons. The van der Waals surface area contributed by atoms with Crippen molar-refractivity contribution in [3.63, 3.8) is 0 Å². The van der Waals surface area contributed by atoms with E-state index in [1.165, 1.54) is 17.0 Å². The molecule has 1 N–H and O–H groups in total. The topological polar surface area (TPSA) is 134 Å². The number of amides is 3. The van der Waals surface area contributed by atoms with Crippen LogP contribution in [-0.2, 0) is 44.2 Å². The van der Waals surface area contributed by atoms with E-state index in [1.54, 1.807) is 35.9 Å². The van der Waals surface area contributed by atoms with Crippen molar-refractivity contribution in [1.29, 1.82) is 0 Å². The molecule has 3 amide bonds. The van der Waals surface area contributed by atoms with Gasteiger partial charge in [-0.1, -0.05) is 43.3 Å². The predicted octanol–water partition coefficient (Wildman–Crippen LogP) is 5.77. The molecule has 7 rings (SSSR count). The largest absolute Gasteiger partial charge is 0.394 e. The molecule has 1 spiro atoms. The molecule has 4 aliphatic heterocycles. The van der Waals surface area contributed by atoms with E-state index in [-0.39, 0.29) is 37.1 Å². The van der Waals surface area contributed by atoms with Gasteiger partial charge in [-0.2, -0.15) is 0 Å². The highest BCUT2D eigenvalue weighted by atomic mass is 28.4. The Balaban J connectivity index is 1.22. The van der Waals surface area contributed by atoms with Gasteiger partial charge in [-0.05, 0) is 67.2 Å². The van der Waals surface area contributed by atoms with E-state index >= 15 is 4.11 Å². The van der Waals surface area contributed by atoms with E-state index in [0.29, 0.717) is 37.2 Å². The maximum atomic E-state index is 16.5. The number of rotatable bonds is 8. The average molecular weight is 715 g/mol. The van der Waals surface area contributed by atoms with Gasteiger partial charge in [0.2, 0.25) is 20.2 Å². The summed E-state index contributed by atoms with van der Waals surface area (Å²) < 4.78 is 23.2. The number of anilines is 2. The molecule has 268 valence electrons. The van der Waals surface area contributed by atoms with Crippen LogP contribution in [0.1, 0.15) is 54.9 Å². The van der Waals surface area contributed by atoms with Gasteiger partial charge in [-0.15, -0.1) is 0 Å². The minimum absolute atomic E-state index is 0.0764. The van der Waals surface area contributed by atoms with Crippen molar-refractivity contribution in [3.05, 3.63) is 99.1 Å². The molecule has 51 heavy (non-hydrogen) atoms. The maximum Gasteiger partial charge on any atom is 0.269 e. The number of nitrogens with zero attached hydrogens (tertiary/aromatic N) is 4. The van der Waals surface area contributed by atoms with Crippen molar-refractivity contribution in [3.8, 4) is 0 Å². The Hall–Kier alpha value is -4.46. The number of aliphatic hydroxyl groups is 1. The van der Waals surface area contributed by atoms with Gasteiger partial charge in [0, 0.05) is 54.4 Å². The molecule has 0 aromatic heterocycles. The normalized spacial score (nSPS) is 26.1. The summed E-state index contributed by atoms with van der Waals surface area (Å²) in [5, 5.41) is 22.2. The molecule has 0 bridgehead atoms. The second kappa shape index (κ2) is 13.3. The first-order chi connectivity index (χ1) is 24.3. The molecule has 2 fully saturated rings. The number of nitro groups is 1. The summed E-state index contributed by atoms with van der Waals surface area (Å²) in [5.41, 5.74) is 1.55. The molecule has 11 nitrogen and oxygen atoms in total. The molecule has 2 saturated heterocycles. The highest BCUT2D eigenvalue weighted by Gasteiger charge is 2.67. The third kappa shape index (κ3) is 6.04. The molecule has 3 aromatic carbocycles. The van der Waals surface area contributed by atoms with E-state index in [9.17, 15) is 29.6 Å². The number of non-ortho nitro benzene ring substituents is 1. The molecule has 0 unspecified atom stereocenters. The summed E-state index contributed by atoms with van der Waals surface area (Å²) in [7, 11) is -3.64. The predicted molar refractivity (Wildman–Crippen MR) is 191 cm³/mol. The van der Waals surface area contributed by atoms with E-state index < -0.39 is 48.4 Å². The Bertz CT molecular complexity index is 1880. The zero-order valence-corrected chi connectivity index (χ0v) is 30.1. The van der Waals surface area contributed by atoms with Gasteiger partial charge in [0.05, 0.1) is 42.3 Å². The fourth-order valence-electron chi connectivity index (χ4n) is 8.88. The third-order valence-corrected chi connectivity index (χ3v) is 13.8. The van der Waals surface area contributed by atoms with Crippen LogP contribution in [-0.4, -0.2) is 66.4 Å². The van der Waals surface area contributed by atoms with Gasteiger partial charge in [-0.25, -0.2) is 0 Å². The first-order valence-corrected chi connectivity index (χ1v) is 20.6. The summed E-state index contributed by atoms with van der Waals surface area (Å²) in [6.07, 6.45) is 1.61. The summed E-state index contributed by atoms with van der Waals surface area (Å²) in [6.45, 7) is 5.67. The number of carbonyl (C=O) groups excluding carboxylic acids is 3. The minimum Gasteiger partial charge on any atom is -0.394 e. The number of hydrogen-bond acceptors (Lipinski definition) is 7. The first kappa shape index (κ1) is 35.0. The number of fused-ring (bicyclic) bond motifs is 3. The Labute approximate surface area is 297 Å². The standard InChI is InChI=1S/C38H43FN4O7Si/c1-24-36(51(2,3)39)33(20-35(46)41-22-27-9-5-4-8-26(27)18-30(41)23-44)50-38(24)31-19-29(43(48)49)15-16-32(31)42(37(38)47)21-25-11-13-28(14-12-25)40-17-7-6-10-34(40)45/h4-5,8-9,11-16,19,24,30,33,36,44H,6-7,10,17-18,20-23H2,1-3H3/t24-,30+,33+,36-,38+/m1/s1. The lowest BCUT2D eigenvalue weighted by atomic mass is 9.82. The van der Waals surface area contributed by atoms with Gasteiger partial charge >= 0.3 is 0 Å². The number of nitro benzene ring substituents is 1. The van der Waals surface area contributed by atoms with Crippen LogP contribution in [0.4, 0.5) is 21.2 Å². The molecular formula is C38H43FN4O7Si. The number of piperidine rings is 1. The van der Waals surface area contributed by atoms with Gasteiger partial charge in [0.25, 0.3) is 11.6 Å². The van der Waals surface area contributed by atoms with E-state index in [1.807, 2.05) is 48.5 Å². The van der Waals surface area contributed by atoms with Crippen molar-refractivity contribution in [2.75, 3.05) is 23.0 Å². The lowest BCUT2D eigenvalue weighted by Gasteiger charge is -2.37. The summed E-state index contributed by atoms with van der Waals surface area (Å²) >= 11 is 0. The van der Waals surface area contributed by atoms with Crippen LogP contribution >= 0.6 is 0 Å². The molecule has 4 heterocycles. The molecule has 0 saturated carbocycles. The molecule has 3 aromatic rings. The van der Waals surface area contributed by atoms with Crippen molar-refractivity contribution in [1.82, 2.24) is 4.90 Å². The fraction of sp³-hybridized carbons (Fsp3) is 0.447. The molecule has 0 aliphatic carbocycles. The minimum atomic E-state index is -3.64. The van der Waals surface area contributed by atoms with Crippen LogP contribution in [0.15, 0.2) is 66.7 Å². The highest BCUT2D eigenvalue weighted by Crippen LogP contribution is 2.60. The van der Waals surface area contributed by atoms with Gasteiger partial charge in [0.1, 0.15) is 0 Å². The van der Waals surface area contributed by atoms with Crippen LogP contribution in [0.3, 0.4) is 0 Å². The Morgan fingerprint density at radius 3 is 2.47 bits per heavy atom.